The number of nitrogens with zero attached hydrogens (tertiary/aromatic N) is 4. The number of fused-ring (bicyclic) bond motifs is 3. The maximum absolute atomic E-state index is 4.56. The zero-order valence-electron chi connectivity index (χ0n) is 14.5. The van der Waals surface area contributed by atoms with Crippen LogP contribution >= 0.6 is 11.3 Å². The Balaban J connectivity index is 1.89. The number of rotatable bonds is 2. The van der Waals surface area contributed by atoms with Crippen molar-refractivity contribution < 1.29 is 4.57 Å². The van der Waals surface area contributed by atoms with Gasteiger partial charge in [0.2, 0.25) is 0 Å². The maximum atomic E-state index is 4.56. The molecule has 26 heavy (non-hydrogen) atoms. The molecule has 4 nitrogen and oxygen atoms in total. The van der Waals surface area contributed by atoms with E-state index in [-0.39, 0.29) is 0 Å². The molecule has 5 heteroatoms. The van der Waals surface area contributed by atoms with Gasteiger partial charge in [0, 0.05) is 45.3 Å². The first-order valence-corrected chi connectivity index (χ1v) is 9.22. The number of thiophene rings is 1. The molecule has 5 aromatic rings. The third-order valence-corrected chi connectivity index (χ3v) is 5.83. The van der Waals surface area contributed by atoms with Gasteiger partial charge in [0.1, 0.15) is 4.83 Å². The first-order valence-electron chi connectivity index (χ1n) is 8.41. The van der Waals surface area contributed by atoms with Gasteiger partial charge in [0.15, 0.2) is 5.82 Å². The van der Waals surface area contributed by atoms with Crippen LogP contribution in [0.5, 0.6) is 0 Å². The molecule has 0 aliphatic rings. The van der Waals surface area contributed by atoms with Crippen molar-refractivity contribution in [2.75, 3.05) is 0 Å². The predicted molar refractivity (Wildman–Crippen MR) is 104 cm³/mol. The Morgan fingerprint density at radius 1 is 1.08 bits per heavy atom. The van der Waals surface area contributed by atoms with Gasteiger partial charge in [-0.25, -0.2) is 4.98 Å². The van der Waals surface area contributed by atoms with E-state index in [9.17, 15) is 0 Å². The second-order valence-corrected chi connectivity index (χ2v) is 7.33. The van der Waals surface area contributed by atoms with Gasteiger partial charge in [-0.3, -0.25) is 9.55 Å². The summed E-state index contributed by atoms with van der Waals surface area (Å²) in [6, 6.07) is 12.5. The van der Waals surface area contributed by atoms with Crippen LogP contribution in [0.3, 0.4) is 0 Å². The van der Waals surface area contributed by atoms with Gasteiger partial charge in [0.25, 0.3) is 0 Å². The number of hydrogen-bond acceptors (Lipinski definition) is 3. The zero-order chi connectivity index (χ0) is 17.7. The number of aromatic nitrogens is 4. The van der Waals surface area contributed by atoms with Crippen molar-refractivity contribution in [1.82, 2.24) is 14.5 Å². The van der Waals surface area contributed by atoms with Crippen LogP contribution in [0.2, 0.25) is 0 Å². The molecule has 0 saturated carbocycles. The lowest BCUT2D eigenvalue weighted by molar-refractivity contribution is -0.587. The van der Waals surface area contributed by atoms with Crippen LogP contribution in [0.1, 0.15) is 5.56 Å². The van der Waals surface area contributed by atoms with E-state index in [1.165, 1.54) is 26.6 Å². The van der Waals surface area contributed by atoms with Gasteiger partial charge in [-0.2, -0.15) is 0 Å². The molecule has 0 bridgehead atoms. The zero-order valence-corrected chi connectivity index (χ0v) is 15.3. The lowest BCUT2D eigenvalue weighted by atomic mass is 10.0. The van der Waals surface area contributed by atoms with E-state index in [2.05, 4.69) is 63.5 Å². The number of aryl methyl sites for hydroxylation is 2. The molecule has 0 N–H and O–H groups in total. The summed E-state index contributed by atoms with van der Waals surface area (Å²) in [5.41, 5.74) is 3.45. The van der Waals surface area contributed by atoms with Gasteiger partial charge in [-0.15, -0.1) is 11.3 Å². The highest BCUT2D eigenvalue weighted by atomic mass is 32.1. The van der Waals surface area contributed by atoms with Crippen molar-refractivity contribution in [3.05, 3.63) is 72.9 Å². The fourth-order valence-electron chi connectivity index (χ4n) is 3.45. The van der Waals surface area contributed by atoms with Crippen LogP contribution in [-0.2, 0) is 7.05 Å². The standard InChI is InChI=1S/C21H16N4S/c1-14-7-8-16-17-6-4-10-23-20(17)26-19(16)18(14)21-24(2)11-12-25(21)15-5-3-9-22-13-15/h3-11,13H,1-2H3. The molecule has 0 saturated heterocycles. The highest BCUT2D eigenvalue weighted by Gasteiger charge is 2.19. The fourth-order valence-corrected chi connectivity index (χ4v) is 4.68. The monoisotopic (exact) mass is 356 g/mol. The van der Waals surface area contributed by atoms with Gasteiger partial charge < -0.3 is 4.57 Å². The van der Waals surface area contributed by atoms with Gasteiger partial charge in [-0.1, -0.05) is 24.3 Å². The molecule has 4 aromatic heterocycles. The molecule has 4 heterocycles. The van der Waals surface area contributed by atoms with Crippen molar-refractivity contribution in [1.29, 1.82) is 0 Å². The van der Waals surface area contributed by atoms with Gasteiger partial charge >= 0.3 is 0 Å². The van der Waals surface area contributed by atoms with E-state index in [0.717, 1.165) is 16.3 Å². The highest BCUT2D eigenvalue weighted by Crippen LogP contribution is 2.39. The largest absolute Gasteiger partial charge is 0.355 e. The number of hydrogen-bond donors (Lipinski definition) is 0. The van der Waals surface area contributed by atoms with E-state index in [0.29, 0.717) is 0 Å². The molecule has 0 unspecified atom stereocenters. The summed E-state index contributed by atoms with van der Waals surface area (Å²) in [7, 11) is 2.06. The van der Waals surface area contributed by atoms with E-state index in [1.54, 1.807) is 17.5 Å². The molecule has 0 amide bonds. The molecule has 0 aliphatic heterocycles. The summed E-state index contributed by atoms with van der Waals surface area (Å²) >= 11 is 1.75. The predicted octanol–water partition coefficient (Wildman–Crippen LogP) is 4.24. The molecule has 5 rings (SSSR count). The van der Waals surface area contributed by atoms with Crippen molar-refractivity contribution in [2.45, 2.75) is 6.92 Å². The molecule has 0 radical (unpaired) electrons. The van der Waals surface area contributed by atoms with Crippen LogP contribution < -0.4 is 4.57 Å². The fraction of sp³-hybridized carbons (Fsp3) is 0.0952. The van der Waals surface area contributed by atoms with Crippen LogP contribution in [0.25, 0.3) is 37.4 Å². The molecular weight excluding hydrogens is 340 g/mol. The SMILES string of the molecule is Cc1ccc2c(sc3ncccc32)c1-c1n(C)c[c-][n+]1-c1cccnc1. The normalized spacial score (nSPS) is 11.5. The van der Waals surface area contributed by atoms with Crippen molar-refractivity contribution >= 4 is 31.6 Å². The number of benzene rings is 1. The third-order valence-electron chi connectivity index (χ3n) is 4.68. The summed E-state index contributed by atoms with van der Waals surface area (Å²) < 4.78 is 5.45. The minimum absolute atomic E-state index is 0.999. The molecular formula is C21H16N4S. The van der Waals surface area contributed by atoms with E-state index >= 15 is 0 Å². The summed E-state index contributed by atoms with van der Waals surface area (Å²) in [4.78, 5) is 9.90. The molecule has 1 aromatic carbocycles. The summed E-state index contributed by atoms with van der Waals surface area (Å²) in [6.45, 7) is 2.16. The van der Waals surface area contributed by atoms with Crippen molar-refractivity contribution in [3.63, 3.8) is 0 Å². The lowest BCUT2D eigenvalue weighted by Crippen LogP contribution is -2.32. The lowest BCUT2D eigenvalue weighted by Gasteiger charge is -2.14. The molecule has 0 fully saturated rings. The topological polar surface area (TPSA) is 34.6 Å². The quantitative estimate of drug-likeness (QED) is 0.350. The van der Waals surface area contributed by atoms with Crippen LogP contribution in [0.4, 0.5) is 0 Å². The van der Waals surface area contributed by atoms with Crippen LogP contribution in [0, 0.1) is 13.1 Å². The van der Waals surface area contributed by atoms with E-state index in [1.807, 2.05) is 30.7 Å². The summed E-state index contributed by atoms with van der Waals surface area (Å²) in [6.07, 6.45) is 10.8. The molecule has 126 valence electrons. The minimum Gasteiger partial charge on any atom is -0.355 e. The molecule has 0 spiro atoms. The Morgan fingerprint density at radius 2 is 1.96 bits per heavy atom. The van der Waals surface area contributed by atoms with E-state index < -0.39 is 0 Å². The van der Waals surface area contributed by atoms with Crippen LogP contribution in [0.15, 0.2) is 61.2 Å². The number of imidazole rings is 1. The van der Waals surface area contributed by atoms with Crippen molar-refractivity contribution in [3.8, 4) is 17.1 Å². The van der Waals surface area contributed by atoms with Gasteiger partial charge in [-0.05, 0) is 24.6 Å². The Kier molecular flexibility index (Phi) is 3.36. The average Bonchev–Trinajstić information content (AvgIpc) is 3.23. The van der Waals surface area contributed by atoms with Crippen molar-refractivity contribution in [2.24, 2.45) is 7.05 Å². The van der Waals surface area contributed by atoms with Crippen LogP contribution in [-0.4, -0.2) is 14.5 Å². The highest BCUT2D eigenvalue weighted by molar-refractivity contribution is 7.26. The minimum atomic E-state index is 0.999. The Bertz CT molecular complexity index is 1250. The second kappa shape index (κ2) is 5.75. The van der Waals surface area contributed by atoms with E-state index in [4.69, 9.17) is 0 Å². The smallest absolute Gasteiger partial charge is 0.187 e. The molecule has 0 atom stereocenters. The Labute approximate surface area is 155 Å². The third kappa shape index (κ3) is 2.17. The summed E-state index contributed by atoms with van der Waals surface area (Å²) in [5, 5.41) is 2.46. The van der Waals surface area contributed by atoms with Gasteiger partial charge in [0.05, 0.1) is 19.4 Å². The average molecular weight is 356 g/mol. The molecule has 0 aliphatic carbocycles. The first kappa shape index (κ1) is 15.2. The Hall–Kier alpha value is -3.05. The number of pyridine rings is 2. The summed E-state index contributed by atoms with van der Waals surface area (Å²) in [5.74, 6) is 1.09. The Morgan fingerprint density at radius 3 is 2.81 bits per heavy atom. The second-order valence-electron chi connectivity index (χ2n) is 6.33. The maximum Gasteiger partial charge on any atom is 0.187 e. The first-order chi connectivity index (χ1) is 12.7.